The van der Waals surface area contributed by atoms with E-state index < -0.39 is 29.6 Å². The summed E-state index contributed by atoms with van der Waals surface area (Å²) in [6.45, 7) is 21.7. The van der Waals surface area contributed by atoms with E-state index in [4.69, 9.17) is 4.43 Å². The van der Waals surface area contributed by atoms with Gasteiger partial charge in [-0.1, -0.05) is 58.9 Å². The fraction of sp³-hybridized carbons (Fsp3) is 0.867. The molecule has 0 aromatic carbocycles. The quantitative estimate of drug-likeness (QED) is 0.585. The van der Waals surface area contributed by atoms with Crippen LogP contribution in [0.2, 0.25) is 58.9 Å². The summed E-state index contributed by atoms with van der Waals surface area (Å²) in [6, 6.07) is 0. The maximum Gasteiger partial charge on any atom is 0.206 e. The van der Waals surface area contributed by atoms with E-state index in [-0.39, 0.29) is 0 Å². The van der Waals surface area contributed by atoms with E-state index in [1.165, 1.54) is 31.4 Å². The van der Waals surface area contributed by atoms with Crippen molar-refractivity contribution in [3.8, 4) is 0 Å². The first kappa shape index (κ1) is 18.5. The van der Waals surface area contributed by atoms with Gasteiger partial charge in [0.25, 0.3) is 0 Å². The lowest BCUT2D eigenvalue weighted by molar-refractivity contribution is 0.398. The van der Waals surface area contributed by atoms with Crippen molar-refractivity contribution in [2.24, 2.45) is 0 Å². The highest BCUT2D eigenvalue weighted by molar-refractivity contribution is 7.87. The third-order valence-electron chi connectivity index (χ3n) is 4.70. The van der Waals surface area contributed by atoms with E-state index in [0.29, 0.717) is 0 Å². The van der Waals surface area contributed by atoms with Gasteiger partial charge in [0.1, 0.15) is 0 Å². The lowest BCUT2D eigenvalue weighted by Crippen LogP contribution is -2.84. The van der Waals surface area contributed by atoms with E-state index >= 15 is 0 Å². The third-order valence-corrected chi connectivity index (χ3v) is 72.0. The predicted octanol–water partition coefficient (Wildman–Crippen LogP) is 5.66. The monoisotopic (exact) mass is 344 g/mol. The molecule has 0 saturated carbocycles. The molecule has 1 rings (SSSR count). The highest BCUT2D eigenvalue weighted by Crippen LogP contribution is 2.40. The van der Waals surface area contributed by atoms with Gasteiger partial charge in [-0.15, -0.1) is 0 Å². The fourth-order valence-corrected chi connectivity index (χ4v) is 98.1. The zero-order valence-electron chi connectivity index (χ0n) is 15.3. The summed E-state index contributed by atoms with van der Waals surface area (Å²) >= 11 is 0. The van der Waals surface area contributed by atoms with E-state index in [1.54, 1.807) is 0 Å². The topological polar surface area (TPSA) is 9.23 Å². The average molecular weight is 345 g/mol. The van der Waals surface area contributed by atoms with Crippen LogP contribution in [-0.2, 0) is 4.43 Å². The second kappa shape index (κ2) is 5.89. The summed E-state index contributed by atoms with van der Waals surface area (Å²) in [6.07, 6.45) is 7.55. The van der Waals surface area contributed by atoms with Gasteiger partial charge in [-0.25, -0.2) is 0 Å². The molecule has 20 heavy (non-hydrogen) atoms. The lowest BCUT2D eigenvalue weighted by Gasteiger charge is -2.56. The van der Waals surface area contributed by atoms with Crippen LogP contribution in [0, 0.1) is 0 Å². The molecule has 0 saturated heterocycles. The summed E-state index contributed by atoms with van der Waals surface area (Å²) in [4.78, 5) is 0. The molecule has 0 aromatic rings. The Labute approximate surface area is 130 Å². The SMILES string of the molecule is C[Si](C)(C)[Si](OC1=CCCCC1)([Si](C)(C)C)[Si](C)(C)C. The van der Waals surface area contributed by atoms with Gasteiger partial charge in [-0.2, -0.15) is 0 Å². The van der Waals surface area contributed by atoms with E-state index in [1.807, 2.05) is 0 Å². The molecule has 1 aliphatic rings. The third kappa shape index (κ3) is 3.42. The highest BCUT2D eigenvalue weighted by Gasteiger charge is 2.65. The van der Waals surface area contributed by atoms with Gasteiger partial charge in [0.05, 0.1) is 28.5 Å². The van der Waals surface area contributed by atoms with Gasteiger partial charge in [-0.3, -0.25) is 0 Å². The van der Waals surface area contributed by atoms with Crippen molar-refractivity contribution in [1.29, 1.82) is 0 Å². The molecule has 0 spiro atoms. The molecule has 0 aliphatic heterocycles. The van der Waals surface area contributed by atoms with Gasteiger partial charge >= 0.3 is 0 Å². The van der Waals surface area contributed by atoms with Crippen molar-refractivity contribution < 1.29 is 4.43 Å². The summed E-state index contributed by atoms with van der Waals surface area (Å²) in [5.74, 6) is 1.38. The van der Waals surface area contributed by atoms with Gasteiger partial charge in [-0.05, 0) is 25.3 Å². The Kier molecular flexibility index (Phi) is 5.44. The lowest BCUT2D eigenvalue weighted by atomic mass is 10.1. The Balaban J connectivity index is 3.35. The Morgan fingerprint density at radius 2 is 1.20 bits per heavy atom. The first-order chi connectivity index (χ1) is 8.83. The van der Waals surface area contributed by atoms with Crippen molar-refractivity contribution in [2.75, 3.05) is 0 Å². The largest absolute Gasteiger partial charge is 0.555 e. The Bertz CT molecular complexity index is 333. The number of hydrogen-bond donors (Lipinski definition) is 0. The molecule has 0 N–H and O–H groups in total. The summed E-state index contributed by atoms with van der Waals surface area (Å²) < 4.78 is 7.16. The minimum absolute atomic E-state index is 1.20. The first-order valence-electron chi connectivity index (χ1n) is 8.21. The molecule has 0 atom stereocenters. The molecule has 1 aliphatic carbocycles. The van der Waals surface area contributed by atoms with Crippen LogP contribution in [0.4, 0.5) is 0 Å². The van der Waals surface area contributed by atoms with Crippen LogP contribution < -0.4 is 0 Å². The van der Waals surface area contributed by atoms with Crippen LogP contribution in [0.1, 0.15) is 25.7 Å². The van der Waals surface area contributed by atoms with Gasteiger partial charge in [0.15, 0.2) is 0 Å². The Morgan fingerprint density at radius 3 is 1.50 bits per heavy atom. The average Bonchev–Trinajstić information content (AvgIpc) is 2.22. The van der Waals surface area contributed by atoms with Crippen molar-refractivity contribution in [1.82, 2.24) is 0 Å². The van der Waals surface area contributed by atoms with Crippen LogP contribution in [0.15, 0.2) is 11.8 Å². The van der Waals surface area contributed by atoms with Crippen LogP contribution in [0.5, 0.6) is 0 Å². The first-order valence-corrected chi connectivity index (χ1v) is 23.6. The van der Waals surface area contributed by atoms with Crippen molar-refractivity contribution >= 4 is 29.6 Å². The standard InChI is InChI=1S/C15H36OSi4/c1-17(2,3)20(18(4,5)6,19(7,8)9)16-15-13-11-10-12-14-15/h13H,10-12,14H2,1-9H3. The molecule has 118 valence electrons. The maximum atomic E-state index is 7.16. The maximum absolute atomic E-state index is 7.16. The number of rotatable bonds is 5. The van der Waals surface area contributed by atoms with Gasteiger partial charge in [0, 0.05) is 6.42 Å². The molecule has 0 amide bonds. The van der Waals surface area contributed by atoms with E-state index in [0.717, 1.165) is 0 Å². The molecule has 0 radical (unpaired) electrons. The minimum atomic E-state index is -1.64. The zero-order chi connectivity index (χ0) is 15.8. The van der Waals surface area contributed by atoms with Gasteiger partial charge in [0.2, 0.25) is 6.87 Å². The van der Waals surface area contributed by atoms with Crippen molar-refractivity contribution in [3.05, 3.63) is 11.8 Å². The molecule has 0 aromatic heterocycles. The number of hydrogen-bond acceptors (Lipinski definition) is 1. The molecule has 0 bridgehead atoms. The fourth-order valence-electron chi connectivity index (χ4n) is 4.93. The Hall–Kier alpha value is 0.408. The highest BCUT2D eigenvalue weighted by atomic mass is 29.9. The van der Waals surface area contributed by atoms with Crippen LogP contribution >= 0.6 is 0 Å². The molecular weight excluding hydrogens is 309 g/mol. The summed E-state index contributed by atoms with van der Waals surface area (Å²) in [5.41, 5.74) is 0. The van der Waals surface area contributed by atoms with Crippen molar-refractivity contribution in [2.45, 2.75) is 84.6 Å². The smallest absolute Gasteiger partial charge is 0.206 e. The minimum Gasteiger partial charge on any atom is -0.555 e. The van der Waals surface area contributed by atoms with E-state index in [2.05, 4.69) is 65.0 Å². The normalized spacial score (nSPS) is 18.8. The molecule has 0 unspecified atom stereocenters. The van der Waals surface area contributed by atoms with Crippen LogP contribution in [0.3, 0.4) is 0 Å². The zero-order valence-corrected chi connectivity index (χ0v) is 19.3. The molecule has 0 heterocycles. The summed E-state index contributed by atoms with van der Waals surface area (Å²) in [5, 5.41) is 0. The van der Waals surface area contributed by atoms with Crippen molar-refractivity contribution in [3.63, 3.8) is 0 Å². The second-order valence-corrected chi connectivity index (χ2v) is 48.9. The van der Waals surface area contributed by atoms with Crippen LogP contribution in [0.25, 0.3) is 0 Å². The summed E-state index contributed by atoms with van der Waals surface area (Å²) in [7, 11) is -3.88. The number of allylic oxidation sites excluding steroid dienone is 2. The molecule has 1 nitrogen and oxygen atoms in total. The predicted molar refractivity (Wildman–Crippen MR) is 103 cm³/mol. The van der Waals surface area contributed by atoms with Gasteiger partial charge < -0.3 is 4.43 Å². The Morgan fingerprint density at radius 1 is 0.750 bits per heavy atom. The molecule has 0 fully saturated rings. The van der Waals surface area contributed by atoms with Crippen LogP contribution in [-0.4, -0.2) is 29.6 Å². The molecule has 5 heteroatoms. The van der Waals surface area contributed by atoms with E-state index in [9.17, 15) is 0 Å². The molecular formula is C15H36OSi4. The second-order valence-electron chi connectivity index (χ2n) is 9.45.